The molecule has 1 aliphatic carbocycles. The zero-order chi connectivity index (χ0) is 15.4. The summed E-state index contributed by atoms with van der Waals surface area (Å²) in [6.45, 7) is 2.77. The Morgan fingerprint density at radius 3 is 2.59 bits per heavy atom. The van der Waals surface area contributed by atoms with E-state index in [0.29, 0.717) is 11.8 Å². The Bertz CT molecular complexity index is 504. The summed E-state index contributed by atoms with van der Waals surface area (Å²) in [5.74, 6) is 0.772. The van der Waals surface area contributed by atoms with Gasteiger partial charge in [0.15, 0.2) is 0 Å². The molecule has 0 aromatic heterocycles. The molecule has 22 heavy (non-hydrogen) atoms. The highest BCUT2D eigenvalue weighted by Gasteiger charge is 2.27. The summed E-state index contributed by atoms with van der Waals surface area (Å²) < 4.78 is 0. The van der Waals surface area contributed by atoms with Gasteiger partial charge < -0.3 is 10.4 Å². The van der Waals surface area contributed by atoms with E-state index in [4.69, 9.17) is 0 Å². The van der Waals surface area contributed by atoms with E-state index >= 15 is 0 Å². The Morgan fingerprint density at radius 2 is 1.91 bits per heavy atom. The fraction of sp³-hybridized carbons (Fsp3) is 0.611. The fourth-order valence-corrected chi connectivity index (χ4v) is 3.66. The van der Waals surface area contributed by atoms with Crippen LogP contribution < -0.4 is 5.32 Å². The van der Waals surface area contributed by atoms with Crippen LogP contribution in [0.15, 0.2) is 24.3 Å². The summed E-state index contributed by atoms with van der Waals surface area (Å²) >= 11 is 0. The van der Waals surface area contributed by atoms with Crippen molar-refractivity contribution in [3.63, 3.8) is 0 Å². The molecule has 0 unspecified atom stereocenters. The van der Waals surface area contributed by atoms with Crippen molar-refractivity contribution < 1.29 is 9.90 Å². The highest BCUT2D eigenvalue weighted by molar-refractivity contribution is 5.79. The van der Waals surface area contributed by atoms with Gasteiger partial charge in [0.1, 0.15) is 5.75 Å². The summed E-state index contributed by atoms with van der Waals surface area (Å²) in [5, 5.41) is 12.8. The lowest BCUT2D eigenvalue weighted by Crippen LogP contribution is -2.42. The van der Waals surface area contributed by atoms with Gasteiger partial charge in [-0.25, -0.2) is 0 Å². The maximum absolute atomic E-state index is 12.3. The number of hydrogen-bond donors (Lipinski definition) is 2. The third kappa shape index (κ3) is 4.01. The van der Waals surface area contributed by atoms with Crippen molar-refractivity contribution >= 4 is 5.91 Å². The molecular weight excluding hydrogens is 276 g/mol. The normalized spacial score (nSPS) is 21.1. The van der Waals surface area contributed by atoms with Crippen LogP contribution >= 0.6 is 0 Å². The fourth-order valence-electron chi connectivity index (χ4n) is 3.66. The van der Waals surface area contributed by atoms with E-state index in [-0.39, 0.29) is 11.8 Å². The number of rotatable bonds is 4. The van der Waals surface area contributed by atoms with Gasteiger partial charge in [-0.1, -0.05) is 25.0 Å². The number of aromatic hydroxyl groups is 1. The SMILES string of the molecule is O=C(NC1CCCC1)C1CCN(Cc2cccc(O)c2)CC1. The summed E-state index contributed by atoms with van der Waals surface area (Å²) in [4.78, 5) is 14.7. The molecule has 120 valence electrons. The van der Waals surface area contributed by atoms with Crippen LogP contribution in [0.5, 0.6) is 5.75 Å². The first-order valence-electron chi connectivity index (χ1n) is 8.51. The second-order valence-corrected chi connectivity index (χ2v) is 6.71. The maximum atomic E-state index is 12.3. The van der Waals surface area contributed by atoms with Crippen molar-refractivity contribution in [1.29, 1.82) is 0 Å². The van der Waals surface area contributed by atoms with Crippen LogP contribution in [0.1, 0.15) is 44.1 Å². The standard InChI is InChI=1S/C18H26N2O2/c21-17-7-3-4-14(12-17)13-20-10-8-15(9-11-20)18(22)19-16-5-1-2-6-16/h3-4,7,12,15-16,21H,1-2,5-6,8-11,13H2,(H,19,22). The smallest absolute Gasteiger partial charge is 0.223 e. The average Bonchev–Trinajstić information content (AvgIpc) is 3.01. The molecule has 4 nitrogen and oxygen atoms in total. The van der Waals surface area contributed by atoms with Crippen LogP contribution in [0.4, 0.5) is 0 Å². The molecule has 2 aliphatic rings. The summed E-state index contributed by atoms with van der Waals surface area (Å²) in [6, 6.07) is 7.87. The minimum Gasteiger partial charge on any atom is -0.508 e. The molecule has 3 rings (SSSR count). The van der Waals surface area contributed by atoms with Gasteiger partial charge in [-0.2, -0.15) is 0 Å². The molecule has 0 spiro atoms. The first-order chi connectivity index (χ1) is 10.7. The van der Waals surface area contributed by atoms with Crippen LogP contribution in [0, 0.1) is 5.92 Å². The van der Waals surface area contributed by atoms with E-state index in [0.717, 1.165) is 50.9 Å². The van der Waals surface area contributed by atoms with Gasteiger partial charge in [-0.05, 0) is 56.5 Å². The largest absolute Gasteiger partial charge is 0.508 e. The summed E-state index contributed by atoms with van der Waals surface area (Å²) in [7, 11) is 0. The Morgan fingerprint density at radius 1 is 1.18 bits per heavy atom. The van der Waals surface area contributed by atoms with Gasteiger partial charge in [0, 0.05) is 18.5 Å². The topological polar surface area (TPSA) is 52.6 Å². The van der Waals surface area contributed by atoms with E-state index in [1.165, 1.54) is 12.8 Å². The van der Waals surface area contributed by atoms with Crippen LogP contribution in [-0.2, 0) is 11.3 Å². The van der Waals surface area contributed by atoms with Gasteiger partial charge in [0.05, 0.1) is 0 Å². The molecule has 0 atom stereocenters. The van der Waals surface area contributed by atoms with Gasteiger partial charge in [0.2, 0.25) is 5.91 Å². The molecule has 0 radical (unpaired) electrons. The van der Waals surface area contributed by atoms with Crippen LogP contribution in [0.3, 0.4) is 0 Å². The third-order valence-corrected chi connectivity index (χ3v) is 4.98. The van der Waals surface area contributed by atoms with E-state index < -0.39 is 0 Å². The minimum atomic E-state index is 0.182. The van der Waals surface area contributed by atoms with E-state index in [2.05, 4.69) is 10.2 Å². The van der Waals surface area contributed by atoms with Crippen LogP contribution in [0.2, 0.25) is 0 Å². The van der Waals surface area contributed by atoms with Gasteiger partial charge in [-0.3, -0.25) is 9.69 Å². The lowest BCUT2D eigenvalue weighted by atomic mass is 9.95. The Labute approximate surface area is 132 Å². The zero-order valence-corrected chi connectivity index (χ0v) is 13.1. The first-order valence-corrected chi connectivity index (χ1v) is 8.51. The second kappa shape index (κ2) is 7.14. The number of amides is 1. The molecule has 1 aromatic carbocycles. The number of benzene rings is 1. The average molecular weight is 302 g/mol. The van der Waals surface area contributed by atoms with Crippen molar-refractivity contribution in [3.8, 4) is 5.75 Å². The zero-order valence-electron chi connectivity index (χ0n) is 13.1. The molecule has 2 N–H and O–H groups in total. The van der Waals surface area contributed by atoms with Crippen molar-refractivity contribution in [2.45, 2.75) is 51.1 Å². The lowest BCUT2D eigenvalue weighted by molar-refractivity contribution is -0.127. The molecular formula is C18H26N2O2. The number of nitrogens with zero attached hydrogens (tertiary/aromatic N) is 1. The third-order valence-electron chi connectivity index (χ3n) is 4.98. The van der Waals surface area contributed by atoms with E-state index in [9.17, 15) is 9.90 Å². The number of carbonyl (C=O) groups is 1. The van der Waals surface area contributed by atoms with Crippen molar-refractivity contribution in [3.05, 3.63) is 29.8 Å². The van der Waals surface area contributed by atoms with Crippen molar-refractivity contribution in [1.82, 2.24) is 10.2 Å². The predicted octanol–water partition coefficient (Wildman–Crippen LogP) is 2.66. The number of carbonyl (C=O) groups excluding carboxylic acids is 1. The Kier molecular flexibility index (Phi) is 4.98. The molecule has 0 bridgehead atoms. The predicted molar refractivity (Wildman–Crippen MR) is 86.5 cm³/mol. The van der Waals surface area contributed by atoms with Gasteiger partial charge >= 0.3 is 0 Å². The van der Waals surface area contributed by atoms with Crippen molar-refractivity contribution in [2.75, 3.05) is 13.1 Å². The second-order valence-electron chi connectivity index (χ2n) is 6.71. The van der Waals surface area contributed by atoms with Gasteiger partial charge in [-0.15, -0.1) is 0 Å². The highest BCUT2D eigenvalue weighted by Crippen LogP contribution is 2.22. The number of phenolic OH excluding ortho intramolecular Hbond substituents is 1. The number of likely N-dealkylation sites (tertiary alicyclic amines) is 1. The van der Waals surface area contributed by atoms with E-state index in [1.807, 2.05) is 18.2 Å². The Balaban J connectivity index is 1.44. The Hall–Kier alpha value is -1.55. The van der Waals surface area contributed by atoms with Crippen LogP contribution in [0.25, 0.3) is 0 Å². The summed E-state index contributed by atoms with van der Waals surface area (Å²) in [5.41, 5.74) is 1.13. The molecule has 1 aliphatic heterocycles. The molecule has 1 amide bonds. The molecule has 1 saturated heterocycles. The number of nitrogens with one attached hydrogen (secondary N) is 1. The summed E-state index contributed by atoms with van der Waals surface area (Å²) in [6.07, 6.45) is 6.71. The maximum Gasteiger partial charge on any atom is 0.223 e. The quantitative estimate of drug-likeness (QED) is 0.899. The van der Waals surface area contributed by atoms with Gasteiger partial charge in [0.25, 0.3) is 0 Å². The lowest BCUT2D eigenvalue weighted by Gasteiger charge is -2.31. The molecule has 1 saturated carbocycles. The number of piperidine rings is 1. The molecule has 2 fully saturated rings. The van der Waals surface area contributed by atoms with Crippen molar-refractivity contribution in [2.24, 2.45) is 5.92 Å². The van der Waals surface area contributed by atoms with Crippen LogP contribution in [-0.4, -0.2) is 35.0 Å². The van der Waals surface area contributed by atoms with E-state index in [1.54, 1.807) is 6.07 Å². The highest BCUT2D eigenvalue weighted by atomic mass is 16.3. The monoisotopic (exact) mass is 302 g/mol. The minimum absolute atomic E-state index is 0.182. The molecule has 4 heteroatoms. The first kappa shape index (κ1) is 15.3. The molecule has 1 aromatic rings. The molecule has 1 heterocycles. The number of hydrogen-bond acceptors (Lipinski definition) is 3. The number of phenols is 1.